The van der Waals surface area contributed by atoms with E-state index in [1.807, 2.05) is 0 Å². The molecule has 0 unspecified atom stereocenters. The molecule has 0 bridgehead atoms. The predicted molar refractivity (Wildman–Crippen MR) is 120 cm³/mol. The summed E-state index contributed by atoms with van der Waals surface area (Å²) in [5, 5.41) is 18.1. The quantitative estimate of drug-likeness (QED) is 0.441. The minimum absolute atomic E-state index is 0.0330. The Bertz CT molecular complexity index is 1350. The van der Waals surface area contributed by atoms with E-state index in [2.05, 4.69) is 20.4 Å². The molecule has 0 fully saturated rings. The first kappa shape index (κ1) is 21.3. The first-order valence-electron chi connectivity index (χ1n) is 10.2. The summed E-state index contributed by atoms with van der Waals surface area (Å²) in [5.41, 5.74) is 2.38. The minimum atomic E-state index is -0.895. The number of aryl methyl sites for hydroxylation is 1. The molecule has 9 nitrogen and oxygen atoms in total. The van der Waals surface area contributed by atoms with Gasteiger partial charge in [-0.2, -0.15) is 5.10 Å². The number of thiazole rings is 1. The molecule has 11 heteroatoms. The normalized spacial score (nSPS) is 13.0. The van der Waals surface area contributed by atoms with Crippen LogP contribution in [0.25, 0.3) is 22.2 Å². The number of carbonyl (C=O) groups excluding carboxylic acids is 1. The Morgan fingerprint density at radius 1 is 1.27 bits per heavy atom. The Morgan fingerprint density at radius 3 is 2.88 bits per heavy atom. The van der Waals surface area contributed by atoms with Gasteiger partial charge in [-0.15, -0.1) is 11.3 Å². The number of nitrogens with one attached hydrogen (secondary N) is 1. The van der Waals surface area contributed by atoms with Crippen LogP contribution >= 0.6 is 11.3 Å². The molecule has 0 saturated heterocycles. The SMILES string of the molecule is CC(C)(O)CCn1nc(NC(=O)c2cncs2)c2cc(-c3cc(F)c4c(c3)OCO4)cnc21. The van der Waals surface area contributed by atoms with E-state index in [0.29, 0.717) is 51.6 Å². The fourth-order valence-electron chi connectivity index (χ4n) is 3.48. The highest BCUT2D eigenvalue weighted by atomic mass is 32.1. The molecule has 4 aromatic rings. The number of aromatic nitrogens is 4. The minimum Gasteiger partial charge on any atom is -0.453 e. The summed E-state index contributed by atoms with van der Waals surface area (Å²) < 4.78 is 26.6. The van der Waals surface area contributed by atoms with Gasteiger partial charge in [-0.25, -0.2) is 14.1 Å². The highest BCUT2D eigenvalue weighted by Gasteiger charge is 2.22. The van der Waals surface area contributed by atoms with Crippen molar-refractivity contribution in [2.45, 2.75) is 32.4 Å². The van der Waals surface area contributed by atoms with Crippen LogP contribution in [0.4, 0.5) is 10.2 Å². The number of fused-ring (bicyclic) bond motifs is 2. The molecular weight excluding hydrogens is 449 g/mol. The van der Waals surface area contributed by atoms with E-state index in [-0.39, 0.29) is 18.4 Å². The third kappa shape index (κ3) is 4.24. The first-order valence-corrected chi connectivity index (χ1v) is 11.0. The Kier molecular flexibility index (Phi) is 5.22. The van der Waals surface area contributed by atoms with Crippen LogP contribution in [0.1, 0.15) is 29.9 Å². The Balaban J connectivity index is 1.57. The third-order valence-corrected chi connectivity index (χ3v) is 5.94. The maximum atomic E-state index is 14.4. The van der Waals surface area contributed by atoms with Gasteiger partial charge < -0.3 is 19.9 Å². The van der Waals surface area contributed by atoms with Crippen LogP contribution in [-0.4, -0.2) is 43.2 Å². The highest BCUT2D eigenvalue weighted by molar-refractivity contribution is 7.11. The summed E-state index contributed by atoms with van der Waals surface area (Å²) in [4.78, 5) is 21.6. The molecule has 0 aliphatic carbocycles. The maximum Gasteiger partial charge on any atom is 0.268 e. The summed E-state index contributed by atoms with van der Waals surface area (Å²) >= 11 is 1.22. The van der Waals surface area contributed by atoms with Crippen molar-refractivity contribution in [1.29, 1.82) is 0 Å². The fourth-order valence-corrected chi connectivity index (χ4v) is 3.99. The molecule has 3 aromatic heterocycles. The number of rotatable bonds is 6. The van der Waals surface area contributed by atoms with E-state index in [9.17, 15) is 14.3 Å². The van der Waals surface area contributed by atoms with Gasteiger partial charge in [-0.1, -0.05) is 0 Å². The van der Waals surface area contributed by atoms with E-state index >= 15 is 0 Å². The van der Waals surface area contributed by atoms with Gasteiger partial charge in [0.05, 0.1) is 22.7 Å². The van der Waals surface area contributed by atoms with Crippen LogP contribution in [0.3, 0.4) is 0 Å². The van der Waals surface area contributed by atoms with Crippen molar-refractivity contribution in [3.05, 3.63) is 46.8 Å². The summed E-state index contributed by atoms with van der Waals surface area (Å²) in [5.74, 6) is -0.144. The number of aliphatic hydroxyl groups is 1. The van der Waals surface area contributed by atoms with Crippen molar-refractivity contribution in [2.24, 2.45) is 0 Å². The number of ether oxygens (including phenoxy) is 2. The lowest BCUT2D eigenvalue weighted by Gasteiger charge is -2.16. The zero-order valence-electron chi connectivity index (χ0n) is 17.8. The first-order chi connectivity index (χ1) is 15.8. The topological polar surface area (TPSA) is 111 Å². The Labute approximate surface area is 191 Å². The summed E-state index contributed by atoms with van der Waals surface area (Å²) in [6.07, 6.45) is 3.52. The van der Waals surface area contributed by atoms with E-state index in [0.717, 1.165) is 0 Å². The number of carbonyl (C=O) groups is 1. The molecule has 170 valence electrons. The van der Waals surface area contributed by atoms with Crippen LogP contribution in [-0.2, 0) is 6.54 Å². The second kappa shape index (κ2) is 8.09. The maximum absolute atomic E-state index is 14.4. The molecule has 5 rings (SSSR count). The summed E-state index contributed by atoms with van der Waals surface area (Å²) in [6.45, 7) is 3.78. The molecule has 1 aliphatic rings. The van der Waals surface area contributed by atoms with Gasteiger partial charge in [0.2, 0.25) is 12.5 Å². The van der Waals surface area contributed by atoms with Crippen LogP contribution < -0.4 is 14.8 Å². The lowest BCUT2D eigenvalue weighted by Crippen LogP contribution is -2.21. The highest BCUT2D eigenvalue weighted by Crippen LogP contribution is 2.39. The molecule has 0 radical (unpaired) electrons. The van der Waals surface area contributed by atoms with E-state index < -0.39 is 11.4 Å². The van der Waals surface area contributed by atoms with E-state index in [1.54, 1.807) is 42.4 Å². The molecule has 33 heavy (non-hydrogen) atoms. The Hall–Kier alpha value is -3.57. The Morgan fingerprint density at radius 2 is 2.12 bits per heavy atom. The van der Waals surface area contributed by atoms with Gasteiger partial charge in [0.15, 0.2) is 23.0 Å². The van der Waals surface area contributed by atoms with Gasteiger partial charge in [0, 0.05) is 18.3 Å². The van der Waals surface area contributed by atoms with Crippen LogP contribution in [0, 0.1) is 5.82 Å². The third-order valence-electron chi connectivity index (χ3n) is 5.17. The van der Waals surface area contributed by atoms with Crippen molar-refractivity contribution < 1.29 is 23.8 Å². The average Bonchev–Trinajstić information content (AvgIpc) is 3.52. The zero-order chi connectivity index (χ0) is 23.2. The molecule has 0 spiro atoms. The molecular formula is C22H20FN5O4S. The monoisotopic (exact) mass is 469 g/mol. The fraction of sp³-hybridized carbons (Fsp3) is 0.273. The molecule has 2 N–H and O–H groups in total. The predicted octanol–water partition coefficient (Wildman–Crippen LogP) is 3.84. The smallest absolute Gasteiger partial charge is 0.268 e. The van der Waals surface area contributed by atoms with E-state index in [1.165, 1.54) is 23.6 Å². The number of pyridine rings is 1. The van der Waals surface area contributed by atoms with Crippen molar-refractivity contribution in [2.75, 3.05) is 12.1 Å². The lowest BCUT2D eigenvalue weighted by molar-refractivity contribution is 0.0654. The lowest BCUT2D eigenvalue weighted by atomic mass is 10.1. The average molecular weight is 469 g/mol. The molecule has 1 aliphatic heterocycles. The van der Waals surface area contributed by atoms with Gasteiger partial charge >= 0.3 is 0 Å². The largest absolute Gasteiger partial charge is 0.453 e. The van der Waals surface area contributed by atoms with Crippen molar-refractivity contribution in [1.82, 2.24) is 19.7 Å². The number of amides is 1. The molecule has 0 saturated carbocycles. The van der Waals surface area contributed by atoms with Crippen molar-refractivity contribution in [3.63, 3.8) is 0 Å². The van der Waals surface area contributed by atoms with Crippen LogP contribution in [0.15, 0.2) is 36.1 Å². The number of nitrogens with zero attached hydrogens (tertiary/aromatic N) is 4. The van der Waals surface area contributed by atoms with Gasteiger partial charge in [0.1, 0.15) is 4.88 Å². The second-order valence-corrected chi connectivity index (χ2v) is 9.13. The molecule has 1 amide bonds. The van der Waals surface area contributed by atoms with Crippen LogP contribution in [0.2, 0.25) is 0 Å². The number of benzene rings is 1. The zero-order valence-corrected chi connectivity index (χ0v) is 18.6. The van der Waals surface area contributed by atoms with Crippen molar-refractivity contribution >= 4 is 34.1 Å². The second-order valence-electron chi connectivity index (χ2n) is 8.24. The van der Waals surface area contributed by atoms with Crippen molar-refractivity contribution in [3.8, 4) is 22.6 Å². The van der Waals surface area contributed by atoms with E-state index in [4.69, 9.17) is 9.47 Å². The molecule has 4 heterocycles. The van der Waals surface area contributed by atoms with Crippen LogP contribution in [0.5, 0.6) is 11.5 Å². The standard InChI is InChI=1S/C22H20FN5O4S/c1-22(2,30)3-4-28-20-14(19(27-28)26-21(29)17-9-24-10-33-17)5-13(8-25-20)12-6-15(23)18-16(7-12)31-11-32-18/h5-10,30H,3-4,11H2,1-2H3,(H,26,27,29). The number of halogens is 1. The molecule has 1 aromatic carbocycles. The summed E-state index contributed by atoms with van der Waals surface area (Å²) in [7, 11) is 0. The number of hydrogen-bond acceptors (Lipinski definition) is 8. The number of anilines is 1. The van der Waals surface area contributed by atoms with Gasteiger partial charge in [0.25, 0.3) is 5.91 Å². The van der Waals surface area contributed by atoms with Gasteiger partial charge in [-0.05, 0) is 44.0 Å². The molecule has 0 atom stereocenters. The number of hydrogen-bond donors (Lipinski definition) is 2. The van der Waals surface area contributed by atoms with Gasteiger partial charge in [-0.3, -0.25) is 9.78 Å². The summed E-state index contributed by atoms with van der Waals surface area (Å²) in [6, 6.07) is 4.82.